The van der Waals surface area contributed by atoms with E-state index in [1.165, 1.54) is 0 Å². The quantitative estimate of drug-likeness (QED) is 0.928. The van der Waals surface area contributed by atoms with E-state index in [4.69, 9.17) is 0 Å². The summed E-state index contributed by atoms with van der Waals surface area (Å²) in [6.07, 6.45) is 3.81. The van der Waals surface area contributed by atoms with Gasteiger partial charge in [-0.1, -0.05) is 13.8 Å². The van der Waals surface area contributed by atoms with Crippen LogP contribution in [0.2, 0.25) is 0 Å². The minimum absolute atomic E-state index is 0.0864. The van der Waals surface area contributed by atoms with Crippen LogP contribution in [0.3, 0.4) is 0 Å². The van der Waals surface area contributed by atoms with Crippen LogP contribution in [0.5, 0.6) is 0 Å². The fraction of sp³-hybridized carbons (Fsp3) is 0.769. The number of aliphatic hydroxyl groups is 1. The highest BCUT2D eigenvalue weighted by Gasteiger charge is 2.52. The molecule has 96 valence electrons. The van der Waals surface area contributed by atoms with Crippen LogP contribution >= 0.6 is 15.9 Å². The van der Waals surface area contributed by atoms with Crippen molar-refractivity contribution < 1.29 is 5.11 Å². The largest absolute Gasteiger partial charge is 0.389 e. The molecule has 0 bridgehead atoms. The van der Waals surface area contributed by atoms with Gasteiger partial charge in [0.1, 0.15) is 0 Å². The summed E-state index contributed by atoms with van der Waals surface area (Å²) in [6.45, 7) is 6.21. The van der Waals surface area contributed by atoms with Gasteiger partial charge in [-0.3, -0.25) is 4.68 Å². The Morgan fingerprint density at radius 2 is 2.12 bits per heavy atom. The molecule has 17 heavy (non-hydrogen) atoms. The molecule has 1 N–H and O–H groups in total. The number of rotatable bonds is 4. The predicted octanol–water partition coefficient (Wildman–Crippen LogP) is 2.84. The van der Waals surface area contributed by atoms with E-state index in [0.29, 0.717) is 6.42 Å². The first-order valence-corrected chi connectivity index (χ1v) is 7.02. The molecule has 1 aromatic rings. The van der Waals surface area contributed by atoms with Gasteiger partial charge < -0.3 is 5.11 Å². The molecule has 1 atom stereocenters. The maximum atomic E-state index is 10.6. The Labute approximate surface area is 111 Å². The highest BCUT2D eigenvalue weighted by molar-refractivity contribution is 9.10. The summed E-state index contributed by atoms with van der Waals surface area (Å²) in [5, 5.41) is 15.1. The summed E-state index contributed by atoms with van der Waals surface area (Å²) < 4.78 is 2.95. The number of aryl methyl sites for hydroxylation is 2. The molecule has 2 rings (SSSR count). The SMILES string of the molecule is CCc1nn(C)c(CC(C)(O)C2(C)CC2)c1Br. The Morgan fingerprint density at radius 1 is 1.53 bits per heavy atom. The van der Waals surface area contributed by atoms with Crippen LogP contribution in [0, 0.1) is 5.41 Å². The van der Waals surface area contributed by atoms with Crippen LogP contribution < -0.4 is 0 Å². The molecule has 1 aromatic heterocycles. The fourth-order valence-corrected chi connectivity index (χ4v) is 3.03. The lowest BCUT2D eigenvalue weighted by atomic mass is 9.83. The Morgan fingerprint density at radius 3 is 2.53 bits per heavy atom. The minimum atomic E-state index is -0.645. The molecule has 0 aromatic carbocycles. The van der Waals surface area contributed by atoms with Crippen molar-refractivity contribution in [1.82, 2.24) is 9.78 Å². The van der Waals surface area contributed by atoms with E-state index < -0.39 is 5.60 Å². The molecule has 1 aliphatic carbocycles. The molecule has 0 saturated heterocycles. The van der Waals surface area contributed by atoms with Crippen molar-refractivity contribution in [1.29, 1.82) is 0 Å². The molecule has 0 amide bonds. The fourth-order valence-electron chi connectivity index (χ4n) is 2.28. The third-order valence-corrected chi connectivity index (χ3v) is 5.23. The summed E-state index contributed by atoms with van der Waals surface area (Å²) in [4.78, 5) is 0. The van der Waals surface area contributed by atoms with E-state index in [1.54, 1.807) is 0 Å². The number of halogens is 1. The van der Waals surface area contributed by atoms with Gasteiger partial charge in [-0.25, -0.2) is 0 Å². The molecule has 1 aliphatic rings. The molecular formula is C13H21BrN2O. The first-order valence-electron chi connectivity index (χ1n) is 6.23. The highest BCUT2D eigenvalue weighted by atomic mass is 79.9. The van der Waals surface area contributed by atoms with Gasteiger partial charge in [0.15, 0.2) is 0 Å². The van der Waals surface area contributed by atoms with Crippen molar-refractivity contribution in [3.8, 4) is 0 Å². The van der Waals surface area contributed by atoms with Gasteiger partial charge in [0, 0.05) is 13.5 Å². The summed E-state index contributed by atoms with van der Waals surface area (Å²) >= 11 is 3.61. The molecule has 1 saturated carbocycles. The lowest BCUT2D eigenvalue weighted by molar-refractivity contribution is -0.00869. The van der Waals surface area contributed by atoms with Crippen LogP contribution in [0.15, 0.2) is 4.47 Å². The van der Waals surface area contributed by atoms with E-state index >= 15 is 0 Å². The van der Waals surface area contributed by atoms with E-state index in [2.05, 4.69) is 34.9 Å². The molecule has 1 unspecified atom stereocenters. The summed E-state index contributed by atoms with van der Waals surface area (Å²) in [5.74, 6) is 0. The third-order valence-electron chi connectivity index (χ3n) is 4.31. The van der Waals surface area contributed by atoms with Crippen molar-refractivity contribution in [2.24, 2.45) is 12.5 Å². The van der Waals surface area contributed by atoms with Gasteiger partial charge in [0.2, 0.25) is 0 Å². The average molecular weight is 301 g/mol. The van der Waals surface area contributed by atoms with Gasteiger partial charge in [0.25, 0.3) is 0 Å². The number of nitrogens with zero attached hydrogens (tertiary/aromatic N) is 2. The van der Waals surface area contributed by atoms with Crippen molar-refractivity contribution >= 4 is 15.9 Å². The first kappa shape index (κ1) is 13.1. The zero-order valence-corrected chi connectivity index (χ0v) is 12.6. The summed E-state index contributed by atoms with van der Waals surface area (Å²) in [6, 6.07) is 0. The second-order valence-corrected chi connectivity index (χ2v) is 6.49. The molecule has 1 fully saturated rings. The van der Waals surface area contributed by atoms with Crippen LogP contribution in [-0.2, 0) is 19.9 Å². The monoisotopic (exact) mass is 300 g/mol. The normalized spacial score (nSPS) is 21.3. The van der Waals surface area contributed by atoms with Crippen LogP contribution in [-0.4, -0.2) is 20.5 Å². The molecule has 0 radical (unpaired) electrons. The van der Waals surface area contributed by atoms with Crippen molar-refractivity contribution in [2.75, 3.05) is 0 Å². The molecule has 0 spiro atoms. The van der Waals surface area contributed by atoms with Crippen molar-refractivity contribution in [3.05, 3.63) is 15.9 Å². The smallest absolute Gasteiger partial charge is 0.0766 e. The number of hydrogen-bond acceptors (Lipinski definition) is 2. The third kappa shape index (κ3) is 2.17. The number of aromatic nitrogens is 2. The molecule has 1 heterocycles. The zero-order chi connectivity index (χ0) is 12.8. The van der Waals surface area contributed by atoms with E-state index in [0.717, 1.165) is 35.1 Å². The Balaban J connectivity index is 2.27. The number of hydrogen-bond donors (Lipinski definition) is 1. The van der Waals surface area contributed by atoms with Gasteiger partial charge in [-0.15, -0.1) is 0 Å². The second-order valence-electron chi connectivity index (χ2n) is 5.70. The minimum Gasteiger partial charge on any atom is -0.389 e. The first-order chi connectivity index (χ1) is 7.81. The van der Waals surface area contributed by atoms with Gasteiger partial charge in [0.05, 0.1) is 21.5 Å². The van der Waals surface area contributed by atoms with Gasteiger partial charge >= 0.3 is 0 Å². The summed E-state index contributed by atoms with van der Waals surface area (Å²) in [5.41, 5.74) is 1.61. The van der Waals surface area contributed by atoms with E-state index in [9.17, 15) is 5.11 Å². The van der Waals surface area contributed by atoms with Crippen LogP contribution in [0.25, 0.3) is 0 Å². The zero-order valence-electron chi connectivity index (χ0n) is 11.0. The maximum absolute atomic E-state index is 10.6. The van der Waals surface area contributed by atoms with Gasteiger partial charge in [-0.2, -0.15) is 5.10 Å². The highest BCUT2D eigenvalue weighted by Crippen LogP contribution is 2.54. The lowest BCUT2D eigenvalue weighted by Gasteiger charge is -2.30. The van der Waals surface area contributed by atoms with Crippen molar-refractivity contribution in [3.63, 3.8) is 0 Å². The topological polar surface area (TPSA) is 38.0 Å². The van der Waals surface area contributed by atoms with Crippen LogP contribution in [0.4, 0.5) is 0 Å². The lowest BCUT2D eigenvalue weighted by Crippen LogP contribution is -2.37. The molecule has 3 nitrogen and oxygen atoms in total. The second kappa shape index (κ2) is 4.09. The van der Waals surface area contributed by atoms with Crippen molar-refractivity contribution in [2.45, 2.75) is 52.1 Å². The molecule has 4 heteroatoms. The van der Waals surface area contributed by atoms with E-state index in [-0.39, 0.29) is 5.41 Å². The Kier molecular flexibility index (Phi) is 3.15. The van der Waals surface area contributed by atoms with Crippen LogP contribution in [0.1, 0.15) is 45.0 Å². The standard InChI is InChI=1S/C13H21BrN2O/c1-5-9-11(14)10(16(4)15-9)8-13(3,17)12(2)6-7-12/h17H,5-8H2,1-4H3. The van der Waals surface area contributed by atoms with E-state index in [1.807, 2.05) is 18.7 Å². The predicted molar refractivity (Wildman–Crippen MR) is 72.0 cm³/mol. The summed E-state index contributed by atoms with van der Waals surface area (Å²) in [7, 11) is 1.95. The Hall–Kier alpha value is -0.350. The Bertz CT molecular complexity index is 433. The maximum Gasteiger partial charge on any atom is 0.0766 e. The molecule has 0 aliphatic heterocycles. The average Bonchev–Trinajstić information content (AvgIpc) is 2.96. The molecular weight excluding hydrogens is 280 g/mol. The van der Waals surface area contributed by atoms with Gasteiger partial charge in [-0.05, 0) is 47.5 Å².